The van der Waals surface area contributed by atoms with Crippen LogP contribution in [-0.4, -0.2) is 0 Å². The summed E-state index contributed by atoms with van der Waals surface area (Å²) in [6, 6.07) is 2.88. The van der Waals surface area contributed by atoms with E-state index in [1.807, 2.05) is 0 Å². The van der Waals surface area contributed by atoms with Crippen molar-refractivity contribution < 1.29 is 13.2 Å². The minimum absolute atomic E-state index is 0.0382. The Bertz CT molecular complexity index is 722. The van der Waals surface area contributed by atoms with Crippen molar-refractivity contribution in [1.82, 2.24) is 0 Å². The molecular formula is C25H31F3. The SMILES string of the molecule is CCCCCc1cc(F)c(C#CC2CCC(C3CC=C(F)CC3)CC2)c(F)c1. The molecule has 152 valence electrons. The van der Waals surface area contributed by atoms with Gasteiger partial charge in [0.25, 0.3) is 0 Å². The minimum Gasteiger partial charge on any atom is -0.212 e. The lowest BCUT2D eigenvalue weighted by atomic mass is 9.72. The molecule has 2 aliphatic carbocycles. The van der Waals surface area contributed by atoms with E-state index in [2.05, 4.69) is 18.8 Å². The zero-order valence-corrected chi connectivity index (χ0v) is 16.9. The van der Waals surface area contributed by atoms with Crippen LogP contribution in [0.2, 0.25) is 0 Å². The maximum atomic E-state index is 14.3. The summed E-state index contributed by atoms with van der Waals surface area (Å²) in [5, 5.41) is 0. The van der Waals surface area contributed by atoms with Gasteiger partial charge < -0.3 is 0 Å². The van der Waals surface area contributed by atoms with Crippen molar-refractivity contribution >= 4 is 0 Å². The van der Waals surface area contributed by atoms with Gasteiger partial charge in [0.1, 0.15) is 11.6 Å². The first-order valence-electron chi connectivity index (χ1n) is 10.9. The van der Waals surface area contributed by atoms with Crippen LogP contribution in [0.25, 0.3) is 0 Å². The van der Waals surface area contributed by atoms with E-state index in [1.54, 1.807) is 6.08 Å². The summed E-state index contributed by atoms with van der Waals surface area (Å²) >= 11 is 0. The highest BCUT2D eigenvalue weighted by Gasteiger charge is 2.28. The van der Waals surface area contributed by atoms with Crippen molar-refractivity contribution in [2.75, 3.05) is 0 Å². The molecule has 1 atom stereocenters. The maximum absolute atomic E-state index is 14.3. The van der Waals surface area contributed by atoms with Crippen LogP contribution in [0.5, 0.6) is 0 Å². The molecule has 0 N–H and O–H groups in total. The summed E-state index contributed by atoms with van der Waals surface area (Å²) in [5.74, 6) is 6.30. The molecule has 0 saturated heterocycles. The Morgan fingerprint density at radius 2 is 1.64 bits per heavy atom. The number of hydrogen-bond acceptors (Lipinski definition) is 0. The summed E-state index contributed by atoms with van der Waals surface area (Å²) in [6.45, 7) is 2.11. The maximum Gasteiger partial charge on any atom is 0.142 e. The fourth-order valence-corrected chi connectivity index (χ4v) is 4.63. The van der Waals surface area contributed by atoms with Gasteiger partial charge in [-0.3, -0.25) is 0 Å². The third-order valence-electron chi connectivity index (χ3n) is 6.41. The molecule has 0 aliphatic heterocycles. The summed E-state index contributed by atoms with van der Waals surface area (Å²) in [5.41, 5.74) is 0.627. The molecule has 2 aliphatic rings. The van der Waals surface area contributed by atoms with Gasteiger partial charge in [0.05, 0.1) is 11.4 Å². The average Bonchev–Trinajstić information content (AvgIpc) is 2.69. The van der Waals surface area contributed by atoms with Crippen molar-refractivity contribution in [2.45, 2.75) is 77.6 Å². The number of benzene rings is 1. The Kier molecular flexibility index (Phi) is 7.65. The topological polar surface area (TPSA) is 0 Å². The van der Waals surface area contributed by atoms with E-state index in [0.717, 1.165) is 57.8 Å². The van der Waals surface area contributed by atoms with Gasteiger partial charge in [-0.2, -0.15) is 0 Å². The van der Waals surface area contributed by atoms with Crippen LogP contribution >= 0.6 is 0 Å². The lowest BCUT2D eigenvalue weighted by Crippen LogP contribution is -2.22. The number of unbranched alkanes of at least 4 members (excludes halogenated alkanes) is 2. The Balaban J connectivity index is 1.56. The van der Waals surface area contributed by atoms with Gasteiger partial charge in [-0.15, -0.1) is 0 Å². The van der Waals surface area contributed by atoms with Crippen LogP contribution in [0.15, 0.2) is 24.0 Å². The molecule has 1 saturated carbocycles. The fourth-order valence-electron chi connectivity index (χ4n) is 4.63. The van der Waals surface area contributed by atoms with Gasteiger partial charge in [-0.05, 0) is 87.3 Å². The molecule has 0 spiro atoms. The fraction of sp³-hybridized carbons (Fsp3) is 0.600. The van der Waals surface area contributed by atoms with Gasteiger partial charge in [0, 0.05) is 5.92 Å². The van der Waals surface area contributed by atoms with E-state index in [1.165, 1.54) is 12.1 Å². The van der Waals surface area contributed by atoms with E-state index in [-0.39, 0.29) is 17.3 Å². The number of aryl methyl sites for hydroxylation is 1. The van der Waals surface area contributed by atoms with E-state index in [0.29, 0.717) is 30.2 Å². The van der Waals surface area contributed by atoms with Gasteiger partial charge in [-0.1, -0.05) is 37.7 Å². The van der Waals surface area contributed by atoms with Crippen molar-refractivity contribution in [2.24, 2.45) is 17.8 Å². The zero-order chi connectivity index (χ0) is 19.9. The van der Waals surface area contributed by atoms with Crippen LogP contribution < -0.4 is 0 Å². The molecule has 0 nitrogen and oxygen atoms in total. The average molecular weight is 389 g/mol. The molecule has 3 heteroatoms. The molecule has 3 rings (SSSR count). The van der Waals surface area contributed by atoms with Crippen LogP contribution in [0, 0.1) is 41.2 Å². The van der Waals surface area contributed by atoms with Crippen molar-refractivity contribution in [3.8, 4) is 11.8 Å². The number of rotatable bonds is 5. The second-order valence-electron chi connectivity index (χ2n) is 8.46. The second-order valence-corrected chi connectivity index (χ2v) is 8.46. The van der Waals surface area contributed by atoms with Gasteiger partial charge in [-0.25, -0.2) is 13.2 Å². The predicted molar refractivity (Wildman–Crippen MR) is 108 cm³/mol. The molecule has 0 aromatic heterocycles. The zero-order valence-electron chi connectivity index (χ0n) is 16.9. The molecule has 1 aromatic rings. The molecule has 1 aromatic carbocycles. The Labute approximate surface area is 167 Å². The first-order chi connectivity index (χ1) is 13.6. The molecule has 0 radical (unpaired) electrons. The first-order valence-corrected chi connectivity index (χ1v) is 10.9. The molecule has 1 unspecified atom stereocenters. The number of allylic oxidation sites excluding steroid dienone is 2. The lowest BCUT2D eigenvalue weighted by Gasteiger charge is -2.33. The van der Waals surface area contributed by atoms with Crippen LogP contribution in [0.1, 0.15) is 82.3 Å². The van der Waals surface area contributed by atoms with E-state index in [4.69, 9.17) is 0 Å². The number of hydrogen-bond donors (Lipinski definition) is 0. The molecule has 0 heterocycles. The highest BCUT2D eigenvalue weighted by molar-refractivity contribution is 5.39. The van der Waals surface area contributed by atoms with Gasteiger partial charge in [0.15, 0.2) is 0 Å². The third kappa shape index (κ3) is 5.66. The van der Waals surface area contributed by atoms with E-state index >= 15 is 0 Å². The summed E-state index contributed by atoms with van der Waals surface area (Å²) in [7, 11) is 0. The summed E-state index contributed by atoms with van der Waals surface area (Å²) in [6.07, 6.45) is 12.1. The highest BCUT2D eigenvalue weighted by atomic mass is 19.1. The van der Waals surface area contributed by atoms with Gasteiger partial charge in [0.2, 0.25) is 0 Å². The molecule has 1 fully saturated rings. The van der Waals surface area contributed by atoms with Crippen LogP contribution in [0.3, 0.4) is 0 Å². The Morgan fingerprint density at radius 1 is 0.929 bits per heavy atom. The van der Waals surface area contributed by atoms with Crippen molar-refractivity contribution in [3.63, 3.8) is 0 Å². The molecule has 0 amide bonds. The van der Waals surface area contributed by atoms with Crippen molar-refractivity contribution in [3.05, 3.63) is 46.8 Å². The Morgan fingerprint density at radius 3 is 2.25 bits per heavy atom. The van der Waals surface area contributed by atoms with Crippen LogP contribution in [-0.2, 0) is 6.42 Å². The Hall–Kier alpha value is -1.69. The third-order valence-corrected chi connectivity index (χ3v) is 6.41. The van der Waals surface area contributed by atoms with Crippen molar-refractivity contribution in [1.29, 1.82) is 0 Å². The largest absolute Gasteiger partial charge is 0.212 e. The normalized spacial score (nSPS) is 25.0. The van der Waals surface area contributed by atoms with E-state index in [9.17, 15) is 13.2 Å². The highest BCUT2D eigenvalue weighted by Crippen LogP contribution is 2.39. The predicted octanol–water partition coefficient (Wildman–Crippen LogP) is 7.51. The summed E-state index contributed by atoms with van der Waals surface area (Å²) < 4.78 is 41.9. The first kappa shape index (κ1) is 21.0. The standard InChI is InChI=1S/C25H31F3/c1-2-3-4-5-19-16-24(27)23(25(28)17-19)15-8-18-6-9-20(10-7-18)21-11-13-22(26)14-12-21/h13,16-18,20-21H,2-7,9-12,14H2,1H3. The smallest absolute Gasteiger partial charge is 0.142 e. The van der Waals surface area contributed by atoms with Crippen LogP contribution in [0.4, 0.5) is 13.2 Å². The molecule has 28 heavy (non-hydrogen) atoms. The monoisotopic (exact) mass is 388 g/mol. The second kappa shape index (κ2) is 10.2. The van der Waals surface area contributed by atoms with E-state index < -0.39 is 11.6 Å². The number of halogens is 3. The van der Waals surface area contributed by atoms with Gasteiger partial charge >= 0.3 is 0 Å². The quantitative estimate of drug-likeness (QED) is 0.362. The minimum atomic E-state index is -0.538. The lowest BCUT2D eigenvalue weighted by molar-refractivity contribution is 0.208. The molecule has 0 bridgehead atoms. The molecular weight excluding hydrogens is 357 g/mol. The summed E-state index contributed by atoms with van der Waals surface area (Å²) in [4.78, 5) is 0.